The summed E-state index contributed by atoms with van der Waals surface area (Å²) in [6, 6.07) is 16.9. The van der Waals surface area contributed by atoms with E-state index in [4.69, 9.17) is 0 Å². The number of nitrogens with one attached hydrogen (secondary N) is 1. The van der Waals surface area contributed by atoms with E-state index in [9.17, 15) is 9.18 Å². The van der Waals surface area contributed by atoms with E-state index in [0.29, 0.717) is 18.5 Å². The van der Waals surface area contributed by atoms with Gasteiger partial charge in [0.15, 0.2) is 0 Å². The van der Waals surface area contributed by atoms with Crippen LogP contribution in [0.3, 0.4) is 0 Å². The highest BCUT2D eigenvalue weighted by Crippen LogP contribution is 2.19. The van der Waals surface area contributed by atoms with Crippen LogP contribution < -0.4 is 5.32 Å². The van der Waals surface area contributed by atoms with Gasteiger partial charge in [0.1, 0.15) is 5.82 Å². The Morgan fingerprint density at radius 3 is 2.65 bits per heavy atom. The lowest BCUT2D eigenvalue weighted by atomic mass is 10.0. The predicted molar refractivity (Wildman–Crippen MR) is 120 cm³/mol. The highest BCUT2D eigenvalue weighted by atomic mass is 19.1. The normalized spacial score (nSPS) is 16.9. The van der Waals surface area contributed by atoms with Gasteiger partial charge in [0.2, 0.25) is 5.91 Å². The molecule has 0 bridgehead atoms. The fraction of sp³-hybridized carbons (Fsp3) is 0.360. The second-order valence-electron chi connectivity index (χ2n) is 8.31. The van der Waals surface area contributed by atoms with Gasteiger partial charge in [-0.05, 0) is 51.4 Å². The molecule has 1 N–H and O–H groups in total. The van der Waals surface area contributed by atoms with Crippen molar-refractivity contribution < 1.29 is 9.18 Å². The first-order chi connectivity index (χ1) is 15.0. The van der Waals surface area contributed by atoms with E-state index < -0.39 is 0 Å². The minimum atomic E-state index is -0.171. The second kappa shape index (κ2) is 9.43. The van der Waals surface area contributed by atoms with Crippen LogP contribution in [0, 0.1) is 19.7 Å². The Bertz CT molecular complexity index is 1050. The zero-order valence-electron chi connectivity index (χ0n) is 18.1. The highest BCUT2D eigenvalue weighted by molar-refractivity contribution is 5.79. The topological polar surface area (TPSA) is 50.2 Å². The molecule has 2 aromatic carbocycles. The molecule has 0 spiro atoms. The number of amides is 1. The summed E-state index contributed by atoms with van der Waals surface area (Å²) in [6.07, 6.45) is 2.25. The first-order valence-electron chi connectivity index (χ1n) is 10.9. The SMILES string of the molecule is Cc1nn(-c2ccccc2)c(C)c1CC(=O)N[C@@H]1CCCN(Cc2ccccc2F)C1. The molecule has 1 saturated heterocycles. The molecule has 1 atom stereocenters. The first-order valence-corrected chi connectivity index (χ1v) is 10.9. The third-order valence-electron chi connectivity index (χ3n) is 6.00. The fourth-order valence-electron chi connectivity index (χ4n) is 4.38. The largest absolute Gasteiger partial charge is 0.352 e. The average molecular weight is 421 g/mol. The molecule has 0 aliphatic carbocycles. The summed E-state index contributed by atoms with van der Waals surface area (Å²) in [6.45, 7) is 6.18. The van der Waals surface area contributed by atoms with Gasteiger partial charge in [-0.1, -0.05) is 36.4 Å². The van der Waals surface area contributed by atoms with Gasteiger partial charge in [0.05, 0.1) is 17.8 Å². The van der Waals surface area contributed by atoms with Crippen LogP contribution >= 0.6 is 0 Å². The first kappa shape index (κ1) is 21.2. The lowest BCUT2D eigenvalue weighted by molar-refractivity contribution is -0.121. The van der Waals surface area contributed by atoms with Crippen LogP contribution in [-0.4, -0.2) is 39.7 Å². The average Bonchev–Trinajstić information content (AvgIpc) is 3.04. The summed E-state index contributed by atoms with van der Waals surface area (Å²) in [4.78, 5) is 15.0. The fourth-order valence-corrected chi connectivity index (χ4v) is 4.38. The number of likely N-dealkylation sites (tertiary alicyclic amines) is 1. The van der Waals surface area contributed by atoms with Crippen molar-refractivity contribution in [3.05, 3.63) is 82.9 Å². The Balaban J connectivity index is 1.38. The number of nitrogens with zero attached hydrogens (tertiary/aromatic N) is 3. The number of piperidine rings is 1. The summed E-state index contributed by atoms with van der Waals surface area (Å²) < 4.78 is 15.9. The molecular weight excluding hydrogens is 391 g/mol. The van der Waals surface area contributed by atoms with Gasteiger partial charge in [0, 0.05) is 36.0 Å². The number of rotatable bonds is 6. The molecule has 4 rings (SSSR count). The number of hydrogen-bond acceptors (Lipinski definition) is 3. The summed E-state index contributed by atoms with van der Waals surface area (Å²) >= 11 is 0. The molecule has 0 saturated carbocycles. The Hall–Kier alpha value is -2.99. The molecular formula is C25H29FN4O. The van der Waals surface area contributed by atoms with Gasteiger partial charge in [-0.25, -0.2) is 9.07 Å². The maximum Gasteiger partial charge on any atom is 0.224 e. The van der Waals surface area contributed by atoms with E-state index in [-0.39, 0.29) is 17.8 Å². The minimum Gasteiger partial charge on any atom is -0.352 e. The molecule has 2 heterocycles. The van der Waals surface area contributed by atoms with Crippen molar-refractivity contribution >= 4 is 5.91 Å². The van der Waals surface area contributed by atoms with Crippen molar-refractivity contribution in [2.75, 3.05) is 13.1 Å². The van der Waals surface area contributed by atoms with Gasteiger partial charge >= 0.3 is 0 Å². The maximum atomic E-state index is 14.0. The molecule has 3 aromatic rings. The van der Waals surface area contributed by atoms with E-state index in [1.807, 2.05) is 61.0 Å². The van der Waals surface area contributed by atoms with Gasteiger partial charge in [-0.15, -0.1) is 0 Å². The lowest BCUT2D eigenvalue weighted by Crippen LogP contribution is -2.47. The zero-order chi connectivity index (χ0) is 21.8. The number of para-hydroxylation sites is 1. The lowest BCUT2D eigenvalue weighted by Gasteiger charge is -2.33. The minimum absolute atomic E-state index is 0.0107. The van der Waals surface area contributed by atoms with Gasteiger partial charge in [0.25, 0.3) is 0 Å². The van der Waals surface area contributed by atoms with Crippen LogP contribution in [0.1, 0.15) is 35.4 Å². The van der Waals surface area contributed by atoms with Crippen LogP contribution in [0.5, 0.6) is 0 Å². The number of aromatic nitrogens is 2. The number of carbonyl (C=O) groups is 1. The van der Waals surface area contributed by atoms with Crippen molar-refractivity contribution in [2.24, 2.45) is 0 Å². The summed E-state index contributed by atoms with van der Waals surface area (Å²) in [5.74, 6) is -0.161. The van der Waals surface area contributed by atoms with E-state index >= 15 is 0 Å². The molecule has 1 aliphatic rings. The Labute approximate surface area is 182 Å². The standard InChI is InChI=1S/C25H29FN4O/c1-18-23(19(2)30(28-18)22-11-4-3-5-12-22)15-25(31)27-21-10-8-14-29(17-21)16-20-9-6-7-13-24(20)26/h3-7,9,11-13,21H,8,10,14-17H2,1-2H3,(H,27,31)/t21-/m1/s1. The molecule has 6 heteroatoms. The van der Waals surface area contributed by atoms with Crippen molar-refractivity contribution in [2.45, 2.75) is 45.7 Å². The molecule has 0 radical (unpaired) electrons. The number of benzene rings is 2. The Morgan fingerprint density at radius 1 is 1.13 bits per heavy atom. The molecule has 5 nitrogen and oxygen atoms in total. The quantitative estimate of drug-likeness (QED) is 0.657. The Kier molecular flexibility index (Phi) is 6.47. The van der Waals surface area contributed by atoms with Crippen LogP contribution in [0.15, 0.2) is 54.6 Å². The molecule has 1 aliphatic heterocycles. The zero-order valence-corrected chi connectivity index (χ0v) is 18.1. The number of hydrogen-bond donors (Lipinski definition) is 1. The van der Waals surface area contributed by atoms with Crippen LogP contribution in [0.25, 0.3) is 5.69 Å². The van der Waals surface area contributed by atoms with Gasteiger partial charge in [-0.2, -0.15) is 5.10 Å². The van der Waals surface area contributed by atoms with Gasteiger partial charge < -0.3 is 5.32 Å². The molecule has 1 amide bonds. The maximum absolute atomic E-state index is 14.0. The van der Waals surface area contributed by atoms with E-state index in [2.05, 4.69) is 15.3 Å². The highest BCUT2D eigenvalue weighted by Gasteiger charge is 2.23. The number of halogens is 1. The summed E-state index contributed by atoms with van der Waals surface area (Å²) in [5, 5.41) is 7.83. The third-order valence-corrected chi connectivity index (χ3v) is 6.00. The molecule has 31 heavy (non-hydrogen) atoms. The number of carbonyl (C=O) groups excluding carboxylic acids is 1. The van der Waals surface area contributed by atoms with Crippen molar-refractivity contribution in [3.63, 3.8) is 0 Å². The number of aryl methyl sites for hydroxylation is 1. The van der Waals surface area contributed by atoms with Crippen molar-refractivity contribution in [1.82, 2.24) is 20.0 Å². The smallest absolute Gasteiger partial charge is 0.224 e. The molecule has 162 valence electrons. The molecule has 1 fully saturated rings. The molecule has 0 unspecified atom stereocenters. The third kappa shape index (κ3) is 5.02. The summed E-state index contributed by atoms with van der Waals surface area (Å²) in [5.41, 5.74) is 4.53. The monoisotopic (exact) mass is 420 g/mol. The van der Waals surface area contributed by atoms with Crippen LogP contribution in [0.4, 0.5) is 4.39 Å². The van der Waals surface area contributed by atoms with Crippen molar-refractivity contribution in [1.29, 1.82) is 0 Å². The van der Waals surface area contributed by atoms with Crippen LogP contribution in [-0.2, 0) is 17.8 Å². The predicted octanol–water partition coefficient (Wildman–Crippen LogP) is 3.95. The van der Waals surface area contributed by atoms with Gasteiger partial charge in [-0.3, -0.25) is 9.69 Å². The van der Waals surface area contributed by atoms with E-state index in [1.165, 1.54) is 6.07 Å². The second-order valence-corrected chi connectivity index (χ2v) is 8.31. The van der Waals surface area contributed by atoms with Crippen molar-refractivity contribution in [3.8, 4) is 5.69 Å². The van der Waals surface area contributed by atoms with Crippen LogP contribution in [0.2, 0.25) is 0 Å². The van der Waals surface area contributed by atoms with E-state index in [0.717, 1.165) is 48.6 Å². The summed E-state index contributed by atoms with van der Waals surface area (Å²) in [7, 11) is 0. The Morgan fingerprint density at radius 2 is 1.87 bits per heavy atom. The molecule has 1 aromatic heterocycles. The van der Waals surface area contributed by atoms with E-state index in [1.54, 1.807) is 6.07 Å².